The summed E-state index contributed by atoms with van der Waals surface area (Å²) < 4.78 is 1.13. The summed E-state index contributed by atoms with van der Waals surface area (Å²) in [7, 11) is 0. The normalized spacial score (nSPS) is 13.7. The molecule has 0 amide bonds. The van der Waals surface area contributed by atoms with Crippen molar-refractivity contribution >= 4 is 27.4 Å². The Morgan fingerprint density at radius 2 is 2.11 bits per heavy atom. The lowest BCUT2D eigenvalue weighted by Crippen LogP contribution is -2.36. The molecule has 2 heterocycles. The minimum absolute atomic E-state index is 0.142. The zero-order valence-corrected chi connectivity index (χ0v) is 12.8. The number of nitrogens with zero attached hydrogens (tertiary/aromatic N) is 2. The number of hydrogen-bond acceptors (Lipinski definition) is 5. The van der Waals surface area contributed by atoms with E-state index in [2.05, 4.69) is 48.4 Å². The van der Waals surface area contributed by atoms with Crippen LogP contribution in [-0.4, -0.2) is 22.6 Å². The van der Waals surface area contributed by atoms with Crippen molar-refractivity contribution in [2.75, 3.05) is 11.9 Å². The van der Waals surface area contributed by atoms with Crippen molar-refractivity contribution in [2.24, 2.45) is 11.1 Å². The lowest BCUT2D eigenvalue weighted by molar-refractivity contribution is 0.328. The van der Waals surface area contributed by atoms with Gasteiger partial charge in [-0.2, -0.15) is 0 Å². The molecule has 5 heteroatoms. The molecule has 1 atom stereocenters. The SMILES string of the molecule is Cc1csc2c(NC(CCN)C(C)(C)C)ncnc12. The molecule has 0 saturated carbocycles. The first-order chi connectivity index (χ1) is 8.93. The average molecular weight is 278 g/mol. The second-order valence-electron chi connectivity index (χ2n) is 5.96. The Bertz CT molecular complexity index is 556. The van der Waals surface area contributed by atoms with Gasteiger partial charge in [0, 0.05) is 6.04 Å². The number of aromatic nitrogens is 2. The van der Waals surface area contributed by atoms with E-state index in [9.17, 15) is 0 Å². The molecule has 3 N–H and O–H groups in total. The number of rotatable bonds is 4. The van der Waals surface area contributed by atoms with Crippen LogP contribution >= 0.6 is 11.3 Å². The largest absolute Gasteiger partial charge is 0.365 e. The Labute approximate surface area is 118 Å². The summed E-state index contributed by atoms with van der Waals surface area (Å²) in [4.78, 5) is 8.75. The zero-order chi connectivity index (χ0) is 14.0. The molecule has 0 fully saturated rings. The van der Waals surface area contributed by atoms with Crippen LogP contribution in [-0.2, 0) is 0 Å². The fraction of sp³-hybridized carbons (Fsp3) is 0.571. The van der Waals surface area contributed by atoms with Crippen LogP contribution in [0.3, 0.4) is 0 Å². The highest BCUT2D eigenvalue weighted by Crippen LogP contribution is 2.31. The number of nitrogens with two attached hydrogens (primary N) is 1. The molecule has 0 spiro atoms. The first-order valence-electron chi connectivity index (χ1n) is 6.59. The van der Waals surface area contributed by atoms with Gasteiger partial charge in [-0.05, 0) is 36.2 Å². The molecule has 2 aromatic heterocycles. The Kier molecular flexibility index (Phi) is 4.06. The molecule has 1 unspecified atom stereocenters. The summed E-state index contributed by atoms with van der Waals surface area (Å²) in [6.45, 7) is 9.42. The molecule has 2 aromatic rings. The van der Waals surface area contributed by atoms with Crippen LogP contribution in [0.15, 0.2) is 11.7 Å². The van der Waals surface area contributed by atoms with Crippen LogP contribution in [0, 0.1) is 12.3 Å². The van der Waals surface area contributed by atoms with Crippen molar-refractivity contribution in [3.63, 3.8) is 0 Å². The molecule has 0 saturated heterocycles. The summed E-state index contributed by atoms with van der Waals surface area (Å²) in [5.41, 5.74) is 8.12. The van der Waals surface area contributed by atoms with Gasteiger partial charge in [-0.3, -0.25) is 0 Å². The maximum absolute atomic E-state index is 5.73. The first-order valence-corrected chi connectivity index (χ1v) is 7.47. The fourth-order valence-corrected chi connectivity index (χ4v) is 3.08. The van der Waals surface area contributed by atoms with Gasteiger partial charge >= 0.3 is 0 Å². The minimum Gasteiger partial charge on any atom is -0.365 e. The van der Waals surface area contributed by atoms with E-state index in [1.165, 1.54) is 5.56 Å². The summed E-state index contributed by atoms with van der Waals surface area (Å²) >= 11 is 1.69. The predicted molar refractivity (Wildman–Crippen MR) is 82.7 cm³/mol. The standard InChI is InChI=1S/C14H22N4S/c1-9-7-19-12-11(9)16-8-17-13(12)18-10(5-6-15)14(2,3)4/h7-8,10H,5-6,15H2,1-4H3,(H,16,17,18). The van der Waals surface area contributed by atoms with Crippen LogP contribution in [0.1, 0.15) is 32.8 Å². The molecular weight excluding hydrogens is 256 g/mol. The fourth-order valence-electron chi connectivity index (χ4n) is 2.13. The summed E-state index contributed by atoms with van der Waals surface area (Å²) in [6.07, 6.45) is 2.56. The van der Waals surface area contributed by atoms with Crippen molar-refractivity contribution < 1.29 is 0 Å². The van der Waals surface area contributed by atoms with E-state index in [-0.39, 0.29) is 5.41 Å². The van der Waals surface area contributed by atoms with Gasteiger partial charge in [0.2, 0.25) is 0 Å². The van der Waals surface area contributed by atoms with Crippen LogP contribution in [0.2, 0.25) is 0 Å². The second-order valence-corrected chi connectivity index (χ2v) is 6.84. The molecule has 0 aromatic carbocycles. The molecule has 0 aliphatic heterocycles. The highest BCUT2D eigenvalue weighted by atomic mass is 32.1. The molecule has 2 rings (SSSR count). The Morgan fingerprint density at radius 3 is 2.74 bits per heavy atom. The second kappa shape index (κ2) is 5.43. The number of fused-ring (bicyclic) bond motifs is 1. The van der Waals surface area contributed by atoms with E-state index >= 15 is 0 Å². The van der Waals surface area contributed by atoms with Crippen molar-refractivity contribution in [3.05, 3.63) is 17.3 Å². The number of thiophene rings is 1. The van der Waals surface area contributed by atoms with E-state index < -0.39 is 0 Å². The maximum Gasteiger partial charge on any atom is 0.147 e. The summed E-state index contributed by atoms with van der Waals surface area (Å²) in [6, 6.07) is 0.304. The number of hydrogen-bond donors (Lipinski definition) is 2. The molecular formula is C14H22N4S. The third kappa shape index (κ3) is 3.04. The molecule has 0 aliphatic carbocycles. The van der Waals surface area contributed by atoms with E-state index in [0.717, 1.165) is 22.5 Å². The molecule has 19 heavy (non-hydrogen) atoms. The molecule has 0 radical (unpaired) electrons. The van der Waals surface area contributed by atoms with Gasteiger partial charge in [0.05, 0.1) is 10.2 Å². The van der Waals surface area contributed by atoms with Crippen molar-refractivity contribution in [3.8, 4) is 0 Å². The highest BCUT2D eigenvalue weighted by Gasteiger charge is 2.25. The van der Waals surface area contributed by atoms with Crippen molar-refractivity contribution in [2.45, 2.75) is 40.2 Å². The lowest BCUT2D eigenvalue weighted by atomic mass is 9.85. The van der Waals surface area contributed by atoms with Crippen molar-refractivity contribution in [1.29, 1.82) is 0 Å². The minimum atomic E-state index is 0.142. The van der Waals surface area contributed by atoms with Gasteiger partial charge in [0.15, 0.2) is 0 Å². The van der Waals surface area contributed by atoms with E-state index in [1.54, 1.807) is 17.7 Å². The third-order valence-electron chi connectivity index (χ3n) is 3.34. The number of anilines is 1. The molecule has 0 bridgehead atoms. The van der Waals surface area contributed by atoms with E-state index in [0.29, 0.717) is 12.6 Å². The van der Waals surface area contributed by atoms with Crippen LogP contribution in [0.25, 0.3) is 10.2 Å². The van der Waals surface area contributed by atoms with Crippen LogP contribution in [0.4, 0.5) is 5.82 Å². The maximum atomic E-state index is 5.73. The van der Waals surface area contributed by atoms with Gasteiger partial charge in [-0.1, -0.05) is 20.8 Å². The van der Waals surface area contributed by atoms with Gasteiger partial charge < -0.3 is 11.1 Å². The summed E-state index contributed by atoms with van der Waals surface area (Å²) in [5.74, 6) is 0.927. The zero-order valence-electron chi connectivity index (χ0n) is 12.0. The molecule has 104 valence electrons. The van der Waals surface area contributed by atoms with E-state index in [1.807, 2.05) is 0 Å². The Morgan fingerprint density at radius 1 is 1.37 bits per heavy atom. The van der Waals surface area contributed by atoms with Crippen LogP contribution in [0.5, 0.6) is 0 Å². The summed E-state index contributed by atoms with van der Waals surface area (Å²) in [5, 5.41) is 5.68. The predicted octanol–water partition coefficient (Wildman–Crippen LogP) is 3.18. The lowest BCUT2D eigenvalue weighted by Gasteiger charge is -2.31. The molecule has 0 aliphatic rings. The number of aryl methyl sites for hydroxylation is 1. The average Bonchev–Trinajstić information content (AvgIpc) is 2.71. The highest BCUT2D eigenvalue weighted by molar-refractivity contribution is 7.18. The monoisotopic (exact) mass is 278 g/mol. The van der Waals surface area contributed by atoms with Gasteiger partial charge in [-0.25, -0.2) is 9.97 Å². The number of nitrogens with one attached hydrogen (secondary N) is 1. The van der Waals surface area contributed by atoms with Crippen LogP contribution < -0.4 is 11.1 Å². The van der Waals surface area contributed by atoms with Gasteiger partial charge in [-0.15, -0.1) is 11.3 Å². The topological polar surface area (TPSA) is 63.8 Å². The molecule has 4 nitrogen and oxygen atoms in total. The van der Waals surface area contributed by atoms with Gasteiger partial charge in [0.25, 0.3) is 0 Å². The smallest absolute Gasteiger partial charge is 0.147 e. The first kappa shape index (κ1) is 14.2. The van der Waals surface area contributed by atoms with Gasteiger partial charge in [0.1, 0.15) is 12.1 Å². The Balaban J connectivity index is 2.34. The third-order valence-corrected chi connectivity index (χ3v) is 4.44. The van der Waals surface area contributed by atoms with E-state index in [4.69, 9.17) is 5.73 Å². The van der Waals surface area contributed by atoms with Crippen molar-refractivity contribution in [1.82, 2.24) is 9.97 Å². The quantitative estimate of drug-likeness (QED) is 0.901. The Hall–Kier alpha value is -1.20.